The zero-order valence-corrected chi connectivity index (χ0v) is 15.6. The molecule has 1 aliphatic rings. The summed E-state index contributed by atoms with van der Waals surface area (Å²) in [7, 11) is 0. The van der Waals surface area contributed by atoms with Crippen LogP contribution in [0, 0.1) is 5.92 Å². The van der Waals surface area contributed by atoms with E-state index in [1.807, 2.05) is 25.1 Å². The van der Waals surface area contributed by atoms with Gasteiger partial charge in [0.1, 0.15) is 18.5 Å². The second kappa shape index (κ2) is 9.78. The number of esters is 1. The molecule has 2 rings (SSSR count). The Morgan fingerprint density at radius 1 is 1.36 bits per heavy atom. The van der Waals surface area contributed by atoms with E-state index in [1.165, 1.54) is 0 Å². The number of para-hydroxylation sites is 1. The number of rotatable bonds is 8. The highest BCUT2D eigenvalue weighted by Gasteiger charge is 2.27. The molecule has 0 bridgehead atoms. The summed E-state index contributed by atoms with van der Waals surface area (Å²) in [5.74, 6) is 1.01. The minimum Gasteiger partial charge on any atom is -0.491 e. The maximum absolute atomic E-state index is 11.9. The van der Waals surface area contributed by atoms with Gasteiger partial charge in [-0.05, 0) is 43.9 Å². The highest BCUT2D eigenvalue weighted by atomic mass is 16.5. The van der Waals surface area contributed by atoms with Crippen LogP contribution in [0.25, 0.3) is 0 Å². The number of carbonyl (C=O) groups is 1. The fourth-order valence-corrected chi connectivity index (χ4v) is 3.30. The quantitative estimate of drug-likeness (QED) is 0.731. The molecule has 0 amide bonds. The van der Waals surface area contributed by atoms with Crippen molar-refractivity contribution >= 4 is 5.97 Å². The van der Waals surface area contributed by atoms with Gasteiger partial charge in [0, 0.05) is 13.1 Å². The molecule has 2 atom stereocenters. The molecule has 1 N–H and O–H groups in total. The molecule has 1 heterocycles. The van der Waals surface area contributed by atoms with Gasteiger partial charge in [0.15, 0.2) is 0 Å². The fourth-order valence-electron chi connectivity index (χ4n) is 3.30. The highest BCUT2D eigenvalue weighted by Crippen LogP contribution is 2.26. The largest absolute Gasteiger partial charge is 0.491 e. The summed E-state index contributed by atoms with van der Waals surface area (Å²) >= 11 is 0. The number of piperidine rings is 1. The lowest BCUT2D eigenvalue weighted by atomic mass is 9.98. The average molecular weight is 349 g/mol. The molecule has 1 aliphatic heterocycles. The van der Waals surface area contributed by atoms with E-state index < -0.39 is 6.10 Å². The Balaban J connectivity index is 1.82. The van der Waals surface area contributed by atoms with Crippen molar-refractivity contribution < 1.29 is 19.4 Å². The molecule has 0 spiro atoms. The molecular formula is C20H31NO4. The first-order valence-electron chi connectivity index (χ1n) is 9.30. The summed E-state index contributed by atoms with van der Waals surface area (Å²) in [6.07, 6.45) is 1.23. The molecule has 0 radical (unpaired) electrons. The van der Waals surface area contributed by atoms with E-state index in [0.717, 1.165) is 30.7 Å². The number of β-amino-alcohol motifs (C(OH)–C–C–N with tert-alkyl or cyclic N) is 1. The van der Waals surface area contributed by atoms with Crippen LogP contribution in [-0.4, -0.2) is 54.9 Å². The summed E-state index contributed by atoms with van der Waals surface area (Å²) in [5, 5.41) is 10.3. The molecule has 1 fully saturated rings. The van der Waals surface area contributed by atoms with Crippen molar-refractivity contribution in [1.29, 1.82) is 0 Å². The first kappa shape index (κ1) is 19.7. The van der Waals surface area contributed by atoms with Crippen LogP contribution in [0.3, 0.4) is 0 Å². The maximum Gasteiger partial charge on any atom is 0.310 e. The average Bonchev–Trinajstić information content (AvgIpc) is 2.60. The first-order valence-corrected chi connectivity index (χ1v) is 9.30. The molecule has 1 aromatic carbocycles. The minimum atomic E-state index is -0.582. The lowest BCUT2D eigenvalue weighted by Gasteiger charge is -2.32. The van der Waals surface area contributed by atoms with E-state index in [9.17, 15) is 9.90 Å². The molecule has 1 saturated heterocycles. The van der Waals surface area contributed by atoms with E-state index in [1.54, 1.807) is 0 Å². The molecule has 0 unspecified atom stereocenters. The van der Waals surface area contributed by atoms with Crippen LogP contribution >= 0.6 is 0 Å². The van der Waals surface area contributed by atoms with Gasteiger partial charge < -0.3 is 14.6 Å². The molecule has 0 aliphatic carbocycles. The van der Waals surface area contributed by atoms with Gasteiger partial charge in [0.2, 0.25) is 0 Å². The van der Waals surface area contributed by atoms with Crippen LogP contribution in [0.2, 0.25) is 0 Å². The summed E-state index contributed by atoms with van der Waals surface area (Å²) in [6, 6.07) is 7.95. The van der Waals surface area contributed by atoms with Crippen molar-refractivity contribution in [3.8, 4) is 5.75 Å². The number of hydrogen-bond acceptors (Lipinski definition) is 5. The molecular weight excluding hydrogens is 318 g/mol. The van der Waals surface area contributed by atoms with Crippen molar-refractivity contribution in [2.45, 2.75) is 45.6 Å². The Bertz CT molecular complexity index is 546. The summed E-state index contributed by atoms with van der Waals surface area (Å²) in [6.45, 7) is 8.82. The summed E-state index contributed by atoms with van der Waals surface area (Å²) < 4.78 is 11.0. The summed E-state index contributed by atoms with van der Waals surface area (Å²) in [5.41, 5.74) is 1.15. The number of aliphatic hydroxyl groups excluding tert-OH is 1. The van der Waals surface area contributed by atoms with Crippen LogP contribution in [0.5, 0.6) is 5.75 Å². The van der Waals surface area contributed by atoms with Gasteiger partial charge in [-0.1, -0.05) is 32.0 Å². The Morgan fingerprint density at radius 3 is 2.84 bits per heavy atom. The Morgan fingerprint density at radius 2 is 2.12 bits per heavy atom. The highest BCUT2D eigenvalue weighted by molar-refractivity contribution is 5.72. The van der Waals surface area contributed by atoms with Gasteiger partial charge in [-0.25, -0.2) is 0 Å². The van der Waals surface area contributed by atoms with E-state index in [-0.39, 0.29) is 18.5 Å². The third-order valence-corrected chi connectivity index (χ3v) is 4.57. The predicted octanol–water partition coefficient (Wildman–Crippen LogP) is 2.82. The smallest absolute Gasteiger partial charge is 0.310 e. The second-order valence-corrected chi connectivity index (χ2v) is 7.01. The molecule has 140 valence electrons. The lowest BCUT2D eigenvalue weighted by molar-refractivity contribution is -0.150. The molecule has 1 aromatic rings. The zero-order chi connectivity index (χ0) is 18.2. The Hall–Kier alpha value is -1.59. The molecule has 5 heteroatoms. The van der Waals surface area contributed by atoms with E-state index in [4.69, 9.17) is 9.47 Å². The van der Waals surface area contributed by atoms with E-state index >= 15 is 0 Å². The predicted molar refractivity (Wildman–Crippen MR) is 97.8 cm³/mol. The third-order valence-electron chi connectivity index (χ3n) is 4.57. The lowest BCUT2D eigenvalue weighted by Crippen LogP contribution is -2.44. The number of hydrogen-bond donors (Lipinski definition) is 1. The van der Waals surface area contributed by atoms with Gasteiger partial charge >= 0.3 is 5.97 Å². The normalized spacial score (nSPS) is 19.6. The van der Waals surface area contributed by atoms with Crippen LogP contribution in [0.15, 0.2) is 24.3 Å². The van der Waals surface area contributed by atoms with Crippen LogP contribution in [0.4, 0.5) is 0 Å². The van der Waals surface area contributed by atoms with Crippen LogP contribution in [0.1, 0.15) is 45.1 Å². The van der Waals surface area contributed by atoms with Crippen molar-refractivity contribution in [2.24, 2.45) is 5.92 Å². The Kier molecular flexibility index (Phi) is 7.72. The summed E-state index contributed by atoms with van der Waals surface area (Å²) in [4.78, 5) is 14.0. The van der Waals surface area contributed by atoms with Gasteiger partial charge in [0.05, 0.1) is 12.5 Å². The van der Waals surface area contributed by atoms with Crippen molar-refractivity contribution in [3.05, 3.63) is 29.8 Å². The topological polar surface area (TPSA) is 59.0 Å². The van der Waals surface area contributed by atoms with Gasteiger partial charge in [-0.3, -0.25) is 9.69 Å². The van der Waals surface area contributed by atoms with Gasteiger partial charge in [-0.15, -0.1) is 0 Å². The van der Waals surface area contributed by atoms with Crippen molar-refractivity contribution in [3.63, 3.8) is 0 Å². The third kappa shape index (κ3) is 6.01. The second-order valence-electron chi connectivity index (χ2n) is 7.01. The SMILES string of the molecule is CCOC(=O)[C@@H]1CCCN(C[C@@H](O)COc2ccccc2C(C)C)C1. The first-order chi connectivity index (χ1) is 12.0. The van der Waals surface area contributed by atoms with E-state index in [2.05, 4.69) is 24.8 Å². The van der Waals surface area contributed by atoms with Crippen LogP contribution in [-0.2, 0) is 9.53 Å². The number of nitrogens with zero attached hydrogens (tertiary/aromatic N) is 1. The Labute approximate surface area is 150 Å². The molecule has 0 saturated carbocycles. The molecule has 5 nitrogen and oxygen atoms in total. The maximum atomic E-state index is 11.9. The zero-order valence-electron chi connectivity index (χ0n) is 15.6. The van der Waals surface area contributed by atoms with Crippen LogP contribution < -0.4 is 4.74 Å². The molecule has 25 heavy (non-hydrogen) atoms. The van der Waals surface area contributed by atoms with Gasteiger partial charge in [0.25, 0.3) is 0 Å². The number of aliphatic hydroxyl groups is 1. The van der Waals surface area contributed by atoms with Crippen molar-refractivity contribution in [1.82, 2.24) is 4.90 Å². The van der Waals surface area contributed by atoms with E-state index in [0.29, 0.717) is 25.6 Å². The number of benzene rings is 1. The number of ether oxygens (including phenoxy) is 2. The molecule has 0 aromatic heterocycles. The minimum absolute atomic E-state index is 0.0801. The number of carbonyl (C=O) groups excluding carboxylic acids is 1. The fraction of sp³-hybridized carbons (Fsp3) is 0.650. The monoisotopic (exact) mass is 349 g/mol. The van der Waals surface area contributed by atoms with Gasteiger partial charge in [-0.2, -0.15) is 0 Å². The number of likely N-dealkylation sites (tertiary alicyclic amines) is 1. The standard InChI is InChI=1S/C20H31NO4/c1-4-24-20(23)16-8-7-11-21(12-16)13-17(22)14-25-19-10-6-5-9-18(19)15(2)3/h5-6,9-10,15-17,22H,4,7-8,11-14H2,1-3H3/t16-,17-/m1/s1. The van der Waals surface area contributed by atoms with Crippen molar-refractivity contribution in [2.75, 3.05) is 32.8 Å².